The van der Waals surface area contributed by atoms with E-state index in [1.807, 2.05) is 13.8 Å². The van der Waals surface area contributed by atoms with Gasteiger partial charge in [-0.3, -0.25) is 4.68 Å². The summed E-state index contributed by atoms with van der Waals surface area (Å²) in [5.41, 5.74) is 5.58. The van der Waals surface area contributed by atoms with E-state index in [0.29, 0.717) is 18.5 Å². The van der Waals surface area contributed by atoms with Crippen LogP contribution in [0.2, 0.25) is 0 Å². The molecule has 3 nitrogen and oxygen atoms in total. The highest BCUT2D eigenvalue weighted by Crippen LogP contribution is 2.33. The van der Waals surface area contributed by atoms with Crippen molar-refractivity contribution in [2.45, 2.75) is 32.1 Å². The van der Waals surface area contributed by atoms with Gasteiger partial charge >= 0.3 is 0 Å². The third-order valence-corrected chi connectivity index (χ3v) is 2.56. The molecule has 15 heavy (non-hydrogen) atoms. The van der Waals surface area contributed by atoms with Crippen molar-refractivity contribution in [1.82, 2.24) is 9.78 Å². The fraction of sp³-hybridized carbons (Fsp3) is 0.700. The maximum atomic E-state index is 12.7. The smallest absolute Gasteiger partial charge is 0.282 e. The second-order valence-electron chi connectivity index (χ2n) is 4.32. The lowest BCUT2D eigenvalue weighted by Gasteiger charge is -2.23. The molecule has 0 saturated heterocycles. The average molecular weight is 217 g/mol. The second-order valence-corrected chi connectivity index (χ2v) is 4.32. The Kier molecular flexibility index (Phi) is 3.44. The van der Waals surface area contributed by atoms with Gasteiger partial charge in [-0.2, -0.15) is 5.10 Å². The molecule has 0 bridgehead atoms. The molecule has 0 unspecified atom stereocenters. The summed E-state index contributed by atoms with van der Waals surface area (Å²) < 4.78 is 26.8. The van der Waals surface area contributed by atoms with Gasteiger partial charge in [-0.05, 0) is 18.4 Å². The molecule has 0 aliphatic rings. The van der Waals surface area contributed by atoms with Crippen LogP contribution in [0.25, 0.3) is 0 Å². The van der Waals surface area contributed by atoms with Crippen LogP contribution in [0.15, 0.2) is 6.20 Å². The number of aromatic nitrogens is 2. The number of rotatable bonds is 4. The van der Waals surface area contributed by atoms with Crippen LogP contribution in [0.5, 0.6) is 0 Å². The molecule has 0 aliphatic carbocycles. The van der Waals surface area contributed by atoms with Crippen LogP contribution < -0.4 is 5.73 Å². The quantitative estimate of drug-likeness (QED) is 0.838. The first kappa shape index (κ1) is 12.1. The number of hydrogen-bond donors (Lipinski definition) is 1. The van der Waals surface area contributed by atoms with Crippen LogP contribution in [-0.2, 0) is 12.5 Å². The molecule has 0 atom stereocenters. The lowest BCUT2D eigenvalue weighted by atomic mass is 9.82. The van der Waals surface area contributed by atoms with Crippen LogP contribution >= 0.6 is 0 Å². The third-order valence-electron chi connectivity index (χ3n) is 2.56. The SMILES string of the molecule is Cn1cc(C(C)(C)CCN)c(C(F)F)n1. The zero-order valence-electron chi connectivity index (χ0n) is 9.30. The van der Waals surface area contributed by atoms with E-state index in [4.69, 9.17) is 5.73 Å². The first-order valence-corrected chi connectivity index (χ1v) is 4.90. The van der Waals surface area contributed by atoms with E-state index in [0.717, 1.165) is 0 Å². The summed E-state index contributed by atoms with van der Waals surface area (Å²) in [6.07, 6.45) is -0.214. The monoisotopic (exact) mass is 217 g/mol. The van der Waals surface area contributed by atoms with Gasteiger partial charge in [0.1, 0.15) is 5.69 Å². The van der Waals surface area contributed by atoms with E-state index in [1.165, 1.54) is 4.68 Å². The van der Waals surface area contributed by atoms with Gasteiger partial charge in [-0.15, -0.1) is 0 Å². The fourth-order valence-electron chi connectivity index (χ4n) is 1.68. The lowest BCUT2D eigenvalue weighted by Crippen LogP contribution is -2.22. The van der Waals surface area contributed by atoms with E-state index in [9.17, 15) is 8.78 Å². The molecule has 0 spiro atoms. The minimum atomic E-state index is -2.53. The minimum Gasteiger partial charge on any atom is -0.330 e. The molecule has 0 saturated carbocycles. The molecule has 1 aromatic rings. The number of alkyl halides is 2. The van der Waals surface area contributed by atoms with Crippen LogP contribution in [0.4, 0.5) is 8.78 Å². The van der Waals surface area contributed by atoms with Crippen molar-refractivity contribution in [3.05, 3.63) is 17.5 Å². The summed E-state index contributed by atoms with van der Waals surface area (Å²) in [5.74, 6) is 0. The van der Waals surface area contributed by atoms with Gasteiger partial charge in [0, 0.05) is 18.8 Å². The molecule has 1 rings (SSSR count). The Hall–Kier alpha value is -0.970. The first-order chi connectivity index (χ1) is 6.88. The molecular weight excluding hydrogens is 200 g/mol. The summed E-state index contributed by atoms with van der Waals surface area (Å²) in [6, 6.07) is 0. The Bertz CT molecular complexity index is 331. The van der Waals surface area contributed by atoms with Crippen molar-refractivity contribution < 1.29 is 8.78 Å². The maximum Gasteiger partial charge on any atom is 0.282 e. The minimum absolute atomic E-state index is 0.129. The Morgan fingerprint density at radius 2 is 2.13 bits per heavy atom. The lowest BCUT2D eigenvalue weighted by molar-refractivity contribution is 0.142. The largest absolute Gasteiger partial charge is 0.330 e. The Labute approximate surface area is 88.3 Å². The van der Waals surface area contributed by atoms with E-state index in [1.54, 1.807) is 13.2 Å². The van der Waals surface area contributed by atoms with Crippen molar-refractivity contribution in [2.24, 2.45) is 12.8 Å². The van der Waals surface area contributed by atoms with Gasteiger partial charge in [0.2, 0.25) is 0 Å². The molecule has 0 aromatic carbocycles. The zero-order chi connectivity index (χ0) is 11.6. The van der Waals surface area contributed by atoms with Crippen LogP contribution in [0.1, 0.15) is 38.0 Å². The molecule has 86 valence electrons. The molecule has 1 aromatic heterocycles. The zero-order valence-corrected chi connectivity index (χ0v) is 9.30. The number of aryl methyl sites for hydroxylation is 1. The van der Waals surface area contributed by atoms with Gasteiger partial charge in [-0.1, -0.05) is 13.8 Å². The number of nitrogens with two attached hydrogens (primary N) is 1. The molecule has 1 heterocycles. The Morgan fingerprint density at radius 3 is 2.60 bits per heavy atom. The van der Waals surface area contributed by atoms with Gasteiger partial charge in [-0.25, -0.2) is 8.78 Å². The standard InChI is InChI=1S/C10H17F2N3/c1-10(2,4-5-13)7-6-15(3)14-8(7)9(11)12/h6,9H,4-5,13H2,1-3H3. The van der Waals surface area contributed by atoms with E-state index >= 15 is 0 Å². The van der Waals surface area contributed by atoms with E-state index in [2.05, 4.69) is 5.10 Å². The third kappa shape index (κ3) is 2.53. The summed E-state index contributed by atoms with van der Waals surface area (Å²) in [5, 5.41) is 3.78. The van der Waals surface area contributed by atoms with E-state index in [-0.39, 0.29) is 11.1 Å². The van der Waals surface area contributed by atoms with Crippen LogP contribution in [0, 0.1) is 0 Å². The highest BCUT2D eigenvalue weighted by atomic mass is 19.3. The average Bonchev–Trinajstić information content (AvgIpc) is 2.47. The maximum absolute atomic E-state index is 12.7. The second kappa shape index (κ2) is 4.26. The Morgan fingerprint density at radius 1 is 1.53 bits per heavy atom. The molecular formula is C10H17F2N3. The number of nitrogens with zero attached hydrogens (tertiary/aromatic N) is 2. The summed E-state index contributed by atoms with van der Waals surface area (Å²) in [7, 11) is 1.65. The van der Waals surface area contributed by atoms with Crippen molar-refractivity contribution in [3.8, 4) is 0 Å². The molecule has 0 amide bonds. The number of hydrogen-bond acceptors (Lipinski definition) is 2. The summed E-state index contributed by atoms with van der Waals surface area (Å²) >= 11 is 0. The topological polar surface area (TPSA) is 43.8 Å². The van der Waals surface area contributed by atoms with Gasteiger partial charge in [0.15, 0.2) is 0 Å². The fourth-order valence-corrected chi connectivity index (χ4v) is 1.68. The molecule has 0 fully saturated rings. The predicted octanol–water partition coefficient (Wildman–Crippen LogP) is 1.98. The number of halogens is 2. The van der Waals surface area contributed by atoms with Gasteiger partial charge in [0.05, 0.1) is 0 Å². The Balaban J connectivity index is 3.12. The normalized spacial score (nSPS) is 12.5. The molecule has 5 heteroatoms. The van der Waals surface area contributed by atoms with Crippen LogP contribution in [-0.4, -0.2) is 16.3 Å². The van der Waals surface area contributed by atoms with Crippen molar-refractivity contribution >= 4 is 0 Å². The van der Waals surface area contributed by atoms with Crippen molar-refractivity contribution in [2.75, 3.05) is 6.54 Å². The predicted molar refractivity (Wildman–Crippen MR) is 54.9 cm³/mol. The first-order valence-electron chi connectivity index (χ1n) is 4.90. The molecule has 0 aliphatic heterocycles. The van der Waals surface area contributed by atoms with Crippen molar-refractivity contribution in [3.63, 3.8) is 0 Å². The molecule has 2 N–H and O–H groups in total. The summed E-state index contributed by atoms with van der Waals surface area (Å²) in [4.78, 5) is 0. The van der Waals surface area contributed by atoms with Gasteiger partial charge in [0.25, 0.3) is 6.43 Å². The highest BCUT2D eigenvalue weighted by molar-refractivity contribution is 5.27. The molecule has 0 radical (unpaired) electrons. The highest BCUT2D eigenvalue weighted by Gasteiger charge is 2.29. The van der Waals surface area contributed by atoms with Crippen molar-refractivity contribution in [1.29, 1.82) is 0 Å². The van der Waals surface area contributed by atoms with Gasteiger partial charge < -0.3 is 5.73 Å². The van der Waals surface area contributed by atoms with E-state index < -0.39 is 6.43 Å². The summed E-state index contributed by atoms with van der Waals surface area (Å²) in [6.45, 7) is 4.29. The van der Waals surface area contributed by atoms with Crippen LogP contribution in [0.3, 0.4) is 0 Å².